The molecular formula is C58H40N2O. The first-order valence-electron chi connectivity index (χ1n) is 21.0. The van der Waals surface area contributed by atoms with E-state index >= 15 is 0 Å². The highest BCUT2D eigenvalue weighted by Crippen LogP contribution is 2.52. The number of hydrogen-bond acceptors (Lipinski definition) is 3. The number of benzene rings is 10. The lowest BCUT2D eigenvalue weighted by molar-refractivity contribution is 0.623. The van der Waals surface area contributed by atoms with Crippen LogP contribution in [0.15, 0.2) is 211 Å². The summed E-state index contributed by atoms with van der Waals surface area (Å²) in [6.07, 6.45) is 0. The molecule has 0 spiro atoms. The topological polar surface area (TPSA) is 29.3 Å². The normalized spacial score (nSPS) is 12.9. The molecule has 11 aromatic rings. The Morgan fingerprint density at radius 1 is 0.443 bits per heavy atom. The quantitative estimate of drug-likeness (QED) is 0.157. The predicted octanol–water partition coefficient (Wildman–Crippen LogP) is 16.1. The highest BCUT2D eigenvalue weighted by atomic mass is 16.3. The lowest BCUT2D eigenvalue weighted by Gasteiger charge is -2.28. The summed E-state index contributed by atoms with van der Waals surface area (Å²) in [5, 5.41) is 6.80. The van der Waals surface area contributed by atoms with Crippen LogP contribution in [0.5, 0.6) is 0 Å². The Balaban J connectivity index is 1.07. The van der Waals surface area contributed by atoms with Gasteiger partial charge in [0.15, 0.2) is 5.58 Å². The van der Waals surface area contributed by atoms with Gasteiger partial charge in [0.2, 0.25) is 5.89 Å². The minimum atomic E-state index is -0.0612. The molecule has 12 rings (SSSR count). The first kappa shape index (κ1) is 35.2. The van der Waals surface area contributed by atoms with Crippen LogP contribution in [0.2, 0.25) is 0 Å². The Morgan fingerprint density at radius 3 is 1.90 bits per heavy atom. The van der Waals surface area contributed by atoms with Crippen LogP contribution in [-0.2, 0) is 5.41 Å². The van der Waals surface area contributed by atoms with E-state index in [-0.39, 0.29) is 5.41 Å². The zero-order valence-corrected chi connectivity index (χ0v) is 33.9. The summed E-state index contributed by atoms with van der Waals surface area (Å²) in [7, 11) is 0. The minimum Gasteiger partial charge on any atom is -0.435 e. The van der Waals surface area contributed by atoms with Crippen LogP contribution < -0.4 is 4.90 Å². The summed E-state index contributed by atoms with van der Waals surface area (Å²) in [5.41, 5.74) is 16.1. The van der Waals surface area contributed by atoms with Crippen molar-refractivity contribution in [3.63, 3.8) is 0 Å². The molecule has 0 atom stereocenters. The van der Waals surface area contributed by atoms with Gasteiger partial charge in [-0.1, -0.05) is 172 Å². The molecule has 0 saturated heterocycles. The van der Waals surface area contributed by atoms with Crippen LogP contribution in [-0.4, -0.2) is 4.98 Å². The second-order valence-electron chi connectivity index (χ2n) is 16.7. The molecule has 0 unspecified atom stereocenters. The minimum absolute atomic E-state index is 0.0612. The third kappa shape index (κ3) is 5.55. The molecule has 61 heavy (non-hydrogen) atoms. The third-order valence-electron chi connectivity index (χ3n) is 12.9. The molecule has 1 aliphatic rings. The van der Waals surface area contributed by atoms with E-state index < -0.39 is 0 Å². The largest absolute Gasteiger partial charge is 0.435 e. The van der Waals surface area contributed by atoms with E-state index in [1.807, 2.05) is 30.3 Å². The van der Waals surface area contributed by atoms with Gasteiger partial charge >= 0.3 is 0 Å². The second kappa shape index (κ2) is 13.7. The molecule has 1 aromatic heterocycles. The molecule has 0 saturated carbocycles. The molecule has 0 aliphatic heterocycles. The van der Waals surface area contributed by atoms with Crippen LogP contribution in [0, 0.1) is 0 Å². The number of aromatic nitrogens is 1. The van der Waals surface area contributed by atoms with E-state index in [9.17, 15) is 0 Å². The van der Waals surface area contributed by atoms with E-state index in [0.29, 0.717) is 5.89 Å². The summed E-state index contributed by atoms with van der Waals surface area (Å²) in [4.78, 5) is 7.40. The maximum Gasteiger partial charge on any atom is 0.227 e. The molecule has 1 heterocycles. The lowest BCUT2D eigenvalue weighted by Crippen LogP contribution is -2.14. The molecule has 1 aliphatic carbocycles. The van der Waals surface area contributed by atoms with Gasteiger partial charge in [-0.3, -0.25) is 0 Å². The average Bonchev–Trinajstić information content (AvgIpc) is 3.87. The summed E-state index contributed by atoms with van der Waals surface area (Å²) in [5.74, 6) is 0.627. The van der Waals surface area contributed by atoms with E-state index in [1.165, 1.54) is 44.5 Å². The maximum atomic E-state index is 6.68. The molecular weight excluding hydrogens is 741 g/mol. The Kier molecular flexibility index (Phi) is 7.88. The molecule has 0 fully saturated rings. The van der Waals surface area contributed by atoms with Crippen LogP contribution in [0.3, 0.4) is 0 Å². The van der Waals surface area contributed by atoms with Crippen molar-refractivity contribution in [1.29, 1.82) is 0 Å². The summed E-state index contributed by atoms with van der Waals surface area (Å²) in [6, 6.07) is 74.5. The highest BCUT2D eigenvalue weighted by Gasteiger charge is 2.36. The number of fused-ring (bicyclic) bond motifs is 10. The first-order valence-corrected chi connectivity index (χ1v) is 21.0. The monoisotopic (exact) mass is 780 g/mol. The van der Waals surface area contributed by atoms with Gasteiger partial charge < -0.3 is 9.32 Å². The van der Waals surface area contributed by atoms with Gasteiger partial charge in [-0.25, -0.2) is 4.98 Å². The maximum absolute atomic E-state index is 6.68. The van der Waals surface area contributed by atoms with Crippen LogP contribution in [0.25, 0.3) is 88.3 Å². The number of hydrogen-bond donors (Lipinski definition) is 0. The predicted molar refractivity (Wildman–Crippen MR) is 255 cm³/mol. The SMILES string of the molecule is CC1(C)c2ccccc2-c2c(-c3ccc(N(c4cccc(-c5ccccc5)c4)c4cc5ccc6ccc7nc(-c8ccccc8)oc7c6c5c5ccccc45)cc3)cccc21. The molecule has 3 nitrogen and oxygen atoms in total. The Hall–Kier alpha value is -7.75. The van der Waals surface area contributed by atoms with Crippen molar-refractivity contribution in [2.75, 3.05) is 4.90 Å². The zero-order chi connectivity index (χ0) is 40.7. The van der Waals surface area contributed by atoms with Gasteiger partial charge in [0, 0.05) is 38.5 Å². The Morgan fingerprint density at radius 2 is 1.08 bits per heavy atom. The van der Waals surface area contributed by atoms with E-state index in [1.54, 1.807) is 0 Å². The third-order valence-corrected chi connectivity index (χ3v) is 12.9. The summed E-state index contributed by atoms with van der Waals surface area (Å²) < 4.78 is 6.68. The first-order chi connectivity index (χ1) is 30.0. The smallest absolute Gasteiger partial charge is 0.227 e. The molecule has 0 bridgehead atoms. The lowest BCUT2D eigenvalue weighted by atomic mass is 9.82. The molecule has 288 valence electrons. The number of oxazole rings is 1. The van der Waals surface area contributed by atoms with E-state index in [0.717, 1.165) is 66.0 Å². The van der Waals surface area contributed by atoms with Crippen molar-refractivity contribution in [2.45, 2.75) is 19.3 Å². The number of nitrogens with zero attached hydrogens (tertiary/aromatic N) is 2. The van der Waals surface area contributed by atoms with E-state index in [2.05, 4.69) is 195 Å². The van der Waals surface area contributed by atoms with Crippen molar-refractivity contribution < 1.29 is 4.42 Å². The van der Waals surface area contributed by atoms with Crippen molar-refractivity contribution in [2.24, 2.45) is 0 Å². The molecule has 0 radical (unpaired) electrons. The molecule has 0 N–H and O–H groups in total. The fourth-order valence-electron chi connectivity index (χ4n) is 9.93. The number of anilines is 3. The summed E-state index contributed by atoms with van der Waals surface area (Å²) >= 11 is 0. The fourth-order valence-corrected chi connectivity index (χ4v) is 9.93. The van der Waals surface area contributed by atoms with Gasteiger partial charge in [-0.2, -0.15) is 0 Å². The van der Waals surface area contributed by atoms with E-state index in [4.69, 9.17) is 9.40 Å². The van der Waals surface area contributed by atoms with Crippen LogP contribution in [0.4, 0.5) is 17.1 Å². The highest BCUT2D eigenvalue weighted by molar-refractivity contribution is 6.28. The van der Waals surface area contributed by atoms with Crippen LogP contribution in [0.1, 0.15) is 25.0 Å². The van der Waals surface area contributed by atoms with Crippen molar-refractivity contribution >= 4 is 60.5 Å². The van der Waals surface area contributed by atoms with Gasteiger partial charge in [0.1, 0.15) is 5.52 Å². The second-order valence-corrected chi connectivity index (χ2v) is 16.7. The standard InChI is InChI=1S/C58H40N2O/c1-58(2)49-25-12-11-23-48(49)55-45(24-14-26-50(55)58)38-29-32-43(33-30-38)60(44-20-13-19-41(35-44)37-15-5-3-6-16-37)52-36-42-28-27-39-31-34-51-56(61-57(59-51)40-17-7-4-8-18-40)54(39)53(42)47-22-10-9-21-46(47)52/h3-36H,1-2H3. The van der Waals surface area contributed by atoms with Gasteiger partial charge in [-0.15, -0.1) is 0 Å². The van der Waals surface area contributed by atoms with Crippen molar-refractivity contribution in [3.05, 3.63) is 217 Å². The Bertz CT molecular complexity index is 3490. The van der Waals surface area contributed by atoms with Gasteiger partial charge in [0.25, 0.3) is 0 Å². The molecule has 0 amide bonds. The average molecular weight is 781 g/mol. The summed E-state index contributed by atoms with van der Waals surface area (Å²) in [6.45, 7) is 4.69. The van der Waals surface area contributed by atoms with Gasteiger partial charge in [-0.05, 0) is 109 Å². The van der Waals surface area contributed by atoms with Gasteiger partial charge in [0.05, 0.1) is 5.69 Å². The van der Waals surface area contributed by atoms with Crippen LogP contribution >= 0.6 is 0 Å². The van der Waals surface area contributed by atoms with Crippen molar-refractivity contribution in [1.82, 2.24) is 4.98 Å². The zero-order valence-electron chi connectivity index (χ0n) is 33.9. The fraction of sp³-hybridized carbons (Fsp3) is 0.0517. The molecule has 10 aromatic carbocycles. The number of rotatable bonds is 6. The Labute approximate surface area is 354 Å². The van der Waals surface area contributed by atoms with Crippen molar-refractivity contribution in [3.8, 4) is 44.8 Å². The molecule has 3 heteroatoms.